The van der Waals surface area contributed by atoms with Crippen molar-refractivity contribution in [2.45, 2.75) is 0 Å². The van der Waals surface area contributed by atoms with Gasteiger partial charge in [0.1, 0.15) is 13.2 Å². The van der Waals surface area contributed by atoms with E-state index in [4.69, 9.17) is 0 Å². The summed E-state index contributed by atoms with van der Waals surface area (Å²) in [5, 5.41) is 0. The molecule has 1 saturated heterocycles. The second-order valence-electron chi connectivity index (χ2n) is 1.56. The second kappa shape index (κ2) is 2.46. The van der Waals surface area contributed by atoms with Crippen molar-refractivity contribution in [1.82, 2.24) is 3.93 Å². The Bertz CT molecular complexity index is 106. The molecule has 1 aliphatic heterocycles. The van der Waals surface area contributed by atoms with Crippen LogP contribution in [0.25, 0.3) is 0 Å². The summed E-state index contributed by atoms with van der Waals surface area (Å²) in [6.45, 7) is 1.65. The Kier molecular flexibility index (Phi) is 1.85. The summed E-state index contributed by atoms with van der Waals surface area (Å²) in [4.78, 5) is 10.4. The summed E-state index contributed by atoms with van der Waals surface area (Å²) in [6, 6.07) is 0. The minimum absolute atomic E-state index is 0.159. The molecule has 3 nitrogen and oxygen atoms in total. The fraction of sp³-hybridized carbons (Fsp3) is 0.750. The maximum atomic E-state index is 10.4. The monoisotopic (exact) mass is 179 g/mol. The average Bonchev–Trinajstić information content (AvgIpc) is 1.64. The number of carbonyl (C=O) groups is 1. The van der Waals surface area contributed by atoms with Crippen LogP contribution in [0.2, 0.25) is 0 Å². The van der Waals surface area contributed by atoms with E-state index in [9.17, 15) is 4.79 Å². The molecule has 0 unspecified atom stereocenters. The molecule has 1 fully saturated rings. The number of carbonyl (C=O) groups excluding carboxylic acids is 1. The van der Waals surface area contributed by atoms with Crippen LogP contribution in [0.15, 0.2) is 0 Å². The summed E-state index contributed by atoms with van der Waals surface area (Å²) in [6.07, 6.45) is 0. The van der Waals surface area contributed by atoms with E-state index in [0.29, 0.717) is 13.2 Å². The van der Waals surface area contributed by atoms with E-state index < -0.39 is 0 Å². The lowest BCUT2D eigenvalue weighted by atomic mass is 10.5. The average molecular weight is 180 g/mol. The molecule has 0 bridgehead atoms. The predicted octanol–water partition coefficient (Wildman–Crippen LogP) is 0.155. The van der Waals surface area contributed by atoms with E-state index in [1.165, 1.54) is 0 Å². The molecular weight excluding hydrogens is 174 g/mol. The minimum Gasteiger partial charge on any atom is -0.463 e. The molecule has 0 aromatic heterocycles. The Labute approximate surface area is 55.9 Å². The van der Waals surface area contributed by atoms with Crippen LogP contribution in [0.4, 0.5) is 0 Å². The van der Waals surface area contributed by atoms with Crippen molar-refractivity contribution in [3.63, 3.8) is 0 Å². The van der Waals surface area contributed by atoms with Gasteiger partial charge in [-0.25, -0.2) is 3.93 Å². The van der Waals surface area contributed by atoms with E-state index in [1.807, 2.05) is 0 Å². The third kappa shape index (κ3) is 1.45. The lowest BCUT2D eigenvalue weighted by Gasteiger charge is -2.18. The van der Waals surface area contributed by atoms with Crippen molar-refractivity contribution < 1.29 is 9.53 Å². The zero-order chi connectivity index (χ0) is 5.98. The number of rotatable bonds is 0. The summed E-state index contributed by atoms with van der Waals surface area (Å²) in [5.74, 6) is -0.159. The molecule has 0 N–H and O–H groups in total. The van der Waals surface area contributed by atoms with Gasteiger partial charge in [0.15, 0.2) is 0 Å². The number of hydrogen-bond donors (Lipinski definition) is 0. The molecule has 0 aromatic rings. The van der Waals surface area contributed by atoms with Gasteiger partial charge in [-0.3, -0.25) is 4.79 Å². The van der Waals surface area contributed by atoms with Crippen molar-refractivity contribution in [3.8, 4) is 0 Å². The van der Waals surface area contributed by atoms with Crippen LogP contribution < -0.4 is 0 Å². The van der Waals surface area contributed by atoms with Gasteiger partial charge in [-0.2, -0.15) is 0 Å². The standard InChI is InChI=1S/C4H6BrNO2/c5-6-1-2-8-4(7)3-6/h1-3H2. The smallest absolute Gasteiger partial charge is 0.321 e. The first-order valence-corrected chi connectivity index (χ1v) is 3.06. The highest BCUT2D eigenvalue weighted by Gasteiger charge is 2.14. The van der Waals surface area contributed by atoms with Gasteiger partial charge in [-0.1, -0.05) is 0 Å². The SMILES string of the molecule is O=C1CN(Br)CCO1. The molecule has 1 heterocycles. The van der Waals surface area contributed by atoms with Crippen molar-refractivity contribution in [1.29, 1.82) is 0 Å². The van der Waals surface area contributed by atoms with Crippen LogP contribution >= 0.6 is 16.1 Å². The Morgan fingerprint density at radius 3 is 2.88 bits per heavy atom. The molecule has 8 heavy (non-hydrogen) atoms. The van der Waals surface area contributed by atoms with Crippen LogP contribution in [-0.4, -0.2) is 29.6 Å². The van der Waals surface area contributed by atoms with Gasteiger partial charge >= 0.3 is 5.97 Å². The van der Waals surface area contributed by atoms with Crippen molar-refractivity contribution in [2.24, 2.45) is 0 Å². The molecule has 0 saturated carbocycles. The van der Waals surface area contributed by atoms with Crippen LogP contribution in [0.1, 0.15) is 0 Å². The van der Waals surface area contributed by atoms with Gasteiger partial charge in [0.05, 0.1) is 0 Å². The zero-order valence-corrected chi connectivity index (χ0v) is 5.85. The molecule has 0 aromatic carbocycles. The first-order valence-electron chi connectivity index (χ1n) is 2.35. The van der Waals surface area contributed by atoms with Gasteiger partial charge in [-0.15, -0.1) is 0 Å². The molecule has 1 rings (SSSR count). The van der Waals surface area contributed by atoms with Gasteiger partial charge in [0.25, 0.3) is 0 Å². The number of halogens is 1. The minimum atomic E-state index is -0.159. The summed E-state index contributed by atoms with van der Waals surface area (Å²) in [7, 11) is 0. The van der Waals surface area contributed by atoms with Gasteiger partial charge in [-0.05, 0) is 0 Å². The van der Waals surface area contributed by atoms with E-state index in [1.54, 1.807) is 3.93 Å². The van der Waals surface area contributed by atoms with E-state index in [-0.39, 0.29) is 5.97 Å². The van der Waals surface area contributed by atoms with Crippen molar-refractivity contribution in [2.75, 3.05) is 19.7 Å². The van der Waals surface area contributed by atoms with Crippen LogP contribution in [-0.2, 0) is 9.53 Å². The topological polar surface area (TPSA) is 29.5 Å². The summed E-state index contributed by atoms with van der Waals surface area (Å²) < 4.78 is 6.39. The van der Waals surface area contributed by atoms with E-state index in [2.05, 4.69) is 20.9 Å². The molecule has 46 valence electrons. The summed E-state index contributed by atoms with van der Waals surface area (Å²) in [5.41, 5.74) is 0. The van der Waals surface area contributed by atoms with Gasteiger partial charge in [0.2, 0.25) is 0 Å². The second-order valence-corrected chi connectivity index (χ2v) is 2.57. The van der Waals surface area contributed by atoms with Crippen molar-refractivity contribution in [3.05, 3.63) is 0 Å². The van der Waals surface area contributed by atoms with Crippen LogP contribution in [0.3, 0.4) is 0 Å². The highest BCUT2D eigenvalue weighted by Crippen LogP contribution is 2.01. The summed E-state index contributed by atoms with van der Waals surface area (Å²) >= 11 is 3.16. The molecule has 0 amide bonds. The first kappa shape index (κ1) is 6.04. The largest absolute Gasteiger partial charge is 0.463 e. The van der Waals surface area contributed by atoms with Gasteiger partial charge < -0.3 is 4.74 Å². The first-order chi connectivity index (χ1) is 3.79. The molecule has 1 aliphatic rings. The molecule has 0 radical (unpaired) electrons. The number of hydrogen-bond acceptors (Lipinski definition) is 3. The zero-order valence-electron chi connectivity index (χ0n) is 4.26. The number of esters is 1. The lowest BCUT2D eigenvalue weighted by molar-refractivity contribution is -0.147. The van der Waals surface area contributed by atoms with Crippen LogP contribution in [0, 0.1) is 0 Å². The lowest BCUT2D eigenvalue weighted by Crippen LogP contribution is -2.32. The third-order valence-corrected chi connectivity index (χ3v) is 1.50. The number of nitrogens with zero attached hydrogens (tertiary/aromatic N) is 1. The third-order valence-electron chi connectivity index (χ3n) is 0.898. The Morgan fingerprint density at radius 1 is 1.75 bits per heavy atom. The highest BCUT2D eigenvalue weighted by atomic mass is 79.9. The molecule has 4 heteroatoms. The molecular formula is C4H6BrNO2. The van der Waals surface area contributed by atoms with Crippen LogP contribution in [0.5, 0.6) is 0 Å². The fourth-order valence-corrected chi connectivity index (χ4v) is 0.873. The molecule has 0 aliphatic carbocycles. The Balaban J connectivity index is 2.34. The Morgan fingerprint density at radius 2 is 2.50 bits per heavy atom. The molecule has 0 spiro atoms. The number of cyclic esters (lactones) is 1. The Hall–Kier alpha value is -0.0900. The highest BCUT2D eigenvalue weighted by molar-refractivity contribution is 9.07. The van der Waals surface area contributed by atoms with Crippen molar-refractivity contribution >= 4 is 22.1 Å². The predicted molar refractivity (Wildman–Crippen MR) is 31.5 cm³/mol. The number of morpholine rings is 1. The maximum absolute atomic E-state index is 10.4. The van der Waals surface area contributed by atoms with Gasteiger partial charge in [0, 0.05) is 22.7 Å². The number of ether oxygens (including phenoxy) is 1. The fourth-order valence-electron chi connectivity index (χ4n) is 0.523. The van der Waals surface area contributed by atoms with E-state index >= 15 is 0 Å². The van der Waals surface area contributed by atoms with E-state index in [0.717, 1.165) is 6.54 Å². The quantitative estimate of drug-likeness (QED) is 0.392. The maximum Gasteiger partial charge on any atom is 0.321 e. The normalized spacial score (nSPS) is 22.9. The molecule has 0 atom stereocenters.